The Morgan fingerprint density at radius 2 is 2.26 bits per heavy atom. The number of carbonyl (C=O) groups excluding carboxylic acids is 2. The van der Waals surface area contributed by atoms with E-state index in [4.69, 9.17) is 4.42 Å². The van der Waals surface area contributed by atoms with Gasteiger partial charge in [0.1, 0.15) is 11.5 Å². The van der Waals surface area contributed by atoms with E-state index >= 15 is 0 Å². The molecule has 8 heteroatoms. The quantitative estimate of drug-likeness (QED) is 0.740. The van der Waals surface area contributed by atoms with E-state index < -0.39 is 5.92 Å². The summed E-state index contributed by atoms with van der Waals surface area (Å²) in [4.78, 5) is 30.6. The molecule has 2 amide bonds. The molecule has 1 aliphatic heterocycles. The van der Waals surface area contributed by atoms with Crippen LogP contribution in [0.15, 0.2) is 46.4 Å². The number of nitrogens with zero attached hydrogens (tertiary/aromatic N) is 2. The summed E-state index contributed by atoms with van der Waals surface area (Å²) in [7, 11) is 0. The van der Waals surface area contributed by atoms with Crippen molar-refractivity contribution in [3.8, 4) is 11.5 Å². The van der Waals surface area contributed by atoms with Gasteiger partial charge in [0.2, 0.25) is 11.8 Å². The van der Waals surface area contributed by atoms with Crippen LogP contribution in [-0.2, 0) is 9.59 Å². The van der Waals surface area contributed by atoms with E-state index in [2.05, 4.69) is 10.3 Å². The highest BCUT2D eigenvalue weighted by atomic mass is 32.1. The Balaban J connectivity index is 1.44. The van der Waals surface area contributed by atoms with Crippen LogP contribution in [0.5, 0.6) is 0 Å². The van der Waals surface area contributed by atoms with E-state index in [1.165, 1.54) is 22.3 Å². The minimum atomic E-state index is -0.516. The maximum atomic E-state index is 13.8. The number of carbonyl (C=O) groups is 2. The van der Waals surface area contributed by atoms with Crippen LogP contribution in [0.4, 0.5) is 15.2 Å². The summed E-state index contributed by atoms with van der Waals surface area (Å²) in [5.74, 6) is -0.748. The smallest absolute Gasteiger partial charge is 0.231 e. The van der Waals surface area contributed by atoms with Crippen molar-refractivity contribution in [3.63, 3.8) is 0 Å². The van der Waals surface area contributed by atoms with Crippen molar-refractivity contribution in [2.45, 2.75) is 13.3 Å². The number of aromatic nitrogens is 1. The molecule has 1 atom stereocenters. The summed E-state index contributed by atoms with van der Waals surface area (Å²) < 4.78 is 19.1. The molecule has 1 aromatic carbocycles. The summed E-state index contributed by atoms with van der Waals surface area (Å²) in [6.07, 6.45) is 1.64. The van der Waals surface area contributed by atoms with Crippen LogP contribution in [0, 0.1) is 18.7 Å². The number of nitrogens with one attached hydrogen (secondary N) is 1. The minimum Gasteiger partial charge on any atom is -0.463 e. The number of rotatable bonds is 4. The fraction of sp³-hybridized carbons (Fsp3) is 0.211. The van der Waals surface area contributed by atoms with Crippen LogP contribution in [0.3, 0.4) is 0 Å². The first kappa shape index (κ1) is 17.4. The fourth-order valence-electron chi connectivity index (χ4n) is 2.96. The van der Waals surface area contributed by atoms with Gasteiger partial charge in [-0.15, -0.1) is 11.3 Å². The Morgan fingerprint density at radius 1 is 1.41 bits per heavy atom. The molecule has 3 heterocycles. The average Bonchev–Trinajstić information content (AvgIpc) is 3.37. The van der Waals surface area contributed by atoms with Crippen LogP contribution in [-0.4, -0.2) is 23.3 Å². The second-order valence-electron chi connectivity index (χ2n) is 6.34. The largest absolute Gasteiger partial charge is 0.463 e. The molecule has 0 spiro atoms. The van der Waals surface area contributed by atoms with E-state index in [1.54, 1.807) is 42.8 Å². The van der Waals surface area contributed by atoms with Crippen molar-refractivity contribution in [2.24, 2.45) is 5.92 Å². The molecule has 1 N–H and O–H groups in total. The van der Waals surface area contributed by atoms with Gasteiger partial charge in [-0.05, 0) is 36.8 Å². The zero-order chi connectivity index (χ0) is 19.0. The molecule has 1 saturated heterocycles. The molecule has 0 unspecified atom stereocenters. The molecule has 6 nitrogen and oxygen atoms in total. The number of thiazole rings is 1. The summed E-state index contributed by atoms with van der Waals surface area (Å²) in [5, 5.41) is 4.98. The highest BCUT2D eigenvalue weighted by Crippen LogP contribution is 2.29. The summed E-state index contributed by atoms with van der Waals surface area (Å²) in [6, 6.07) is 8.18. The van der Waals surface area contributed by atoms with Crippen molar-refractivity contribution in [3.05, 3.63) is 53.4 Å². The predicted molar refractivity (Wildman–Crippen MR) is 100 cm³/mol. The molecule has 2 aromatic heterocycles. The molecule has 4 rings (SSSR count). The zero-order valence-electron chi connectivity index (χ0n) is 14.4. The molecule has 1 fully saturated rings. The van der Waals surface area contributed by atoms with Gasteiger partial charge in [-0.2, -0.15) is 0 Å². The van der Waals surface area contributed by atoms with Crippen molar-refractivity contribution >= 4 is 34.0 Å². The van der Waals surface area contributed by atoms with E-state index in [0.29, 0.717) is 27.8 Å². The first-order chi connectivity index (χ1) is 13.0. The summed E-state index contributed by atoms with van der Waals surface area (Å²) >= 11 is 1.29. The third kappa shape index (κ3) is 3.48. The van der Waals surface area contributed by atoms with Gasteiger partial charge in [-0.25, -0.2) is 9.37 Å². The lowest BCUT2D eigenvalue weighted by Crippen LogP contribution is -2.28. The summed E-state index contributed by atoms with van der Waals surface area (Å²) in [5.41, 5.74) is 1.61. The van der Waals surface area contributed by atoms with Crippen molar-refractivity contribution in [1.29, 1.82) is 0 Å². The maximum absolute atomic E-state index is 13.8. The molecule has 1 aliphatic rings. The highest BCUT2D eigenvalue weighted by Gasteiger charge is 2.35. The Morgan fingerprint density at radius 3 is 3.00 bits per heavy atom. The first-order valence-corrected chi connectivity index (χ1v) is 9.26. The molecule has 0 saturated carbocycles. The van der Waals surface area contributed by atoms with Gasteiger partial charge < -0.3 is 14.6 Å². The molecule has 0 bridgehead atoms. The Labute approximate surface area is 158 Å². The lowest BCUT2D eigenvalue weighted by atomic mass is 10.1. The monoisotopic (exact) mass is 385 g/mol. The third-order valence-electron chi connectivity index (χ3n) is 4.47. The molecule has 3 aromatic rings. The van der Waals surface area contributed by atoms with Gasteiger partial charge in [0.05, 0.1) is 12.2 Å². The maximum Gasteiger partial charge on any atom is 0.231 e. The molecular weight excluding hydrogens is 369 g/mol. The van der Waals surface area contributed by atoms with E-state index in [9.17, 15) is 14.0 Å². The topological polar surface area (TPSA) is 75.4 Å². The van der Waals surface area contributed by atoms with Crippen LogP contribution < -0.4 is 10.2 Å². The van der Waals surface area contributed by atoms with Crippen LogP contribution in [0.2, 0.25) is 0 Å². The van der Waals surface area contributed by atoms with Gasteiger partial charge in [0.25, 0.3) is 0 Å². The lowest BCUT2D eigenvalue weighted by Gasteiger charge is -2.17. The molecule has 27 heavy (non-hydrogen) atoms. The number of halogens is 1. The molecule has 138 valence electrons. The fourth-order valence-corrected chi connectivity index (χ4v) is 3.66. The van der Waals surface area contributed by atoms with Crippen LogP contribution in [0.1, 0.15) is 12.0 Å². The predicted octanol–water partition coefficient (Wildman–Crippen LogP) is 3.84. The van der Waals surface area contributed by atoms with E-state index in [0.717, 1.165) is 0 Å². The molecule has 0 aliphatic carbocycles. The van der Waals surface area contributed by atoms with Gasteiger partial charge in [0.15, 0.2) is 10.9 Å². The number of aryl methyl sites for hydroxylation is 1. The zero-order valence-corrected chi connectivity index (χ0v) is 15.3. The van der Waals surface area contributed by atoms with E-state index in [1.807, 2.05) is 0 Å². The van der Waals surface area contributed by atoms with E-state index in [-0.39, 0.29) is 30.6 Å². The van der Waals surface area contributed by atoms with Crippen molar-refractivity contribution in [1.82, 2.24) is 4.98 Å². The second kappa shape index (κ2) is 6.96. The first-order valence-electron chi connectivity index (χ1n) is 8.38. The average molecular weight is 385 g/mol. The Hall–Kier alpha value is -3.00. The number of anilines is 2. The normalized spacial score (nSPS) is 16.7. The number of hydrogen-bond donors (Lipinski definition) is 1. The third-order valence-corrected chi connectivity index (χ3v) is 5.23. The number of furan rings is 1. The van der Waals surface area contributed by atoms with Gasteiger partial charge in [-0.1, -0.05) is 6.07 Å². The highest BCUT2D eigenvalue weighted by molar-refractivity contribution is 7.14. The van der Waals surface area contributed by atoms with Crippen molar-refractivity contribution in [2.75, 3.05) is 16.8 Å². The molecule has 0 radical (unpaired) electrons. The van der Waals surface area contributed by atoms with Crippen LogP contribution >= 0.6 is 11.3 Å². The molecular formula is C19H16FN3O3S. The van der Waals surface area contributed by atoms with Crippen LogP contribution in [0.25, 0.3) is 11.5 Å². The van der Waals surface area contributed by atoms with Gasteiger partial charge in [0, 0.05) is 24.0 Å². The number of amides is 2. The SMILES string of the molecule is Cc1ccc(N2C[C@H](C(=O)Nc3nc(-c4ccco4)cs3)CC2=O)cc1F. The van der Waals surface area contributed by atoms with Crippen molar-refractivity contribution < 1.29 is 18.4 Å². The van der Waals surface area contributed by atoms with Gasteiger partial charge in [-0.3, -0.25) is 9.59 Å². The Kier molecular flexibility index (Phi) is 4.49. The Bertz CT molecular complexity index is 1000. The number of benzene rings is 1. The minimum absolute atomic E-state index is 0.0811. The summed E-state index contributed by atoms with van der Waals surface area (Å²) in [6.45, 7) is 1.87. The lowest BCUT2D eigenvalue weighted by molar-refractivity contribution is -0.122. The van der Waals surface area contributed by atoms with Gasteiger partial charge >= 0.3 is 0 Å². The standard InChI is InChI=1S/C19H16FN3O3S/c1-11-4-5-13(8-14(11)20)23-9-12(7-17(23)24)18(25)22-19-21-15(10-27-19)16-3-2-6-26-16/h2-6,8,10,12H,7,9H2,1H3,(H,21,22,25)/t12-/m1/s1. The number of hydrogen-bond acceptors (Lipinski definition) is 5. The second-order valence-corrected chi connectivity index (χ2v) is 7.20.